The topological polar surface area (TPSA) is 54.2 Å². The van der Waals surface area contributed by atoms with Gasteiger partial charge in [-0.05, 0) is 68.7 Å². The number of nitrogens with zero attached hydrogens (tertiary/aromatic N) is 2. The molecule has 6 heteroatoms. The Morgan fingerprint density at radius 3 is 2.63 bits per heavy atom. The van der Waals surface area contributed by atoms with Crippen LogP contribution in [0.4, 0.5) is 5.69 Å². The van der Waals surface area contributed by atoms with Crippen molar-refractivity contribution in [3.63, 3.8) is 0 Å². The average molecular weight is 410 g/mol. The molecule has 0 radical (unpaired) electrons. The lowest BCUT2D eigenvalue weighted by Gasteiger charge is -2.26. The van der Waals surface area contributed by atoms with Crippen LogP contribution in [0.25, 0.3) is 0 Å². The molecule has 0 spiro atoms. The highest BCUT2D eigenvalue weighted by Gasteiger charge is 2.52. The van der Waals surface area contributed by atoms with Gasteiger partial charge in [0.2, 0.25) is 0 Å². The Morgan fingerprint density at radius 2 is 1.83 bits per heavy atom. The number of hydrogen-bond acceptors (Lipinski definition) is 5. The molecule has 1 atom stereocenters. The maximum Gasteiger partial charge on any atom is 0.271 e. The second kappa shape index (κ2) is 7.84. The Morgan fingerprint density at radius 1 is 1.03 bits per heavy atom. The summed E-state index contributed by atoms with van der Waals surface area (Å²) in [6.45, 7) is 5.06. The lowest BCUT2D eigenvalue weighted by atomic mass is 10.0. The van der Waals surface area contributed by atoms with E-state index in [1.807, 2.05) is 37.3 Å². The summed E-state index contributed by atoms with van der Waals surface area (Å²) in [4.78, 5) is 2.26. The molecule has 0 unspecified atom stereocenters. The van der Waals surface area contributed by atoms with E-state index < -0.39 is 5.72 Å². The fourth-order valence-corrected chi connectivity index (χ4v) is 4.74. The molecule has 0 saturated heterocycles. The smallest absolute Gasteiger partial charge is 0.271 e. The van der Waals surface area contributed by atoms with E-state index >= 15 is 0 Å². The summed E-state index contributed by atoms with van der Waals surface area (Å²) in [6, 6.07) is 14.0. The highest BCUT2D eigenvalue weighted by atomic mass is 16.6. The first kappa shape index (κ1) is 19.2. The zero-order valence-electron chi connectivity index (χ0n) is 17.5. The Hall–Kier alpha value is -2.73. The molecule has 0 fully saturated rings. The van der Waals surface area contributed by atoms with Crippen LogP contribution < -0.4 is 19.1 Å². The third-order valence-electron chi connectivity index (χ3n) is 6.19. The van der Waals surface area contributed by atoms with Gasteiger partial charge in [-0.1, -0.05) is 0 Å². The third kappa shape index (κ3) is 3.29. The van der Waals surface area contributed by atoms with Crippen LogP contribution in [0.3, 0.4) is 0 Å². The number of hydrogen-bond donors (Lipinski definition) is 1. The van der Waals surface area contributed by atoms with Gasteiger partial charge in [0.1, 0.15) is 24.7 Å². The number of aliphatic hydroxyl groups is 1. The normalized spacial score (nSPS) is 23.2. The van der Waals surface area contributed by atoms with Crippen molar-refractivity contribution < 1.29 is 23.9 Å². The monoisotopic (exact) mass is 409 g/mol. The molecule has 3 aliphatic heterocycles. The minimum Gasteiger partial charge on any atom is -0.494 e. The number of β-amino-alcohol motifs (C(OH)–C–C–N with tert-alkyl or cyclic N) is 1. The first-order valence-corrected chi connectivity index (χ1v) is 11.0. The summed E-state index contributed by atoms with van der Waals surface area (Å²) in [6.07, 6.45) is 4.35. The van der Waals surface area contributed by atoms with Gasteiger partial charge in [0.05, 0.1) is 13.2 Å². The van der Waals surface area contributed by atoms with Crippen molar-refractivity contribution in [2.75, 3.05) is 37.8 Å². The summed E-state index contributed by atoms with van der Waals surface area (Å²) in [5.74, 6) is 3.51. The maximum absolute atomic E-state index is 12.0. The molecule has 3 aliphatic rings. The number of anilines is 1. The predicted octanol–water partition coefficient (Wildman–Crippen LogP) is 3.51. The first-order chi connectivity index (χ1) is 14.7. The Bertz CT molecular complexity index is 956. The van der Waals surface area contributed by atoms with Crippen molar-refractivity contribution >= 4 is 11.5 Å². The summed E-state index contributed by atoms with van der Waals surface area (Å²) in [7, 11) is 0. The van der Waals surface area contributed by atoms with Gasteiger partial charge in [-0.2, -0.15) is 0 Å². The molecule has 0 saturated carbocycles. The minimum absolute atomic E-state index is 0.482. The van der Waals surface area contributed by atoms with Crippen LogP contribution in [0.2, 0.25) is 0 Å². The lowest BCUT2D eigenvalue weighted by Crippen LogP contribution is -2.41. The van der Waals surface area contributed by atoms with Crippen LogP contribution in [0.15, 0.2) is 42.5 Å². The Labute approximate surface area is 177 Å². The van der Waals surface area contributed by atoms with E-state index in [-0.39, 0.29) is 0 Å². The van der Waals surface area contributed by atoms with Gasteiger partial charge in [-0.3, -0.25) is 0 Å². The SMILES string of the molecule is CCOc1ccc(N2C[C@@](O)(c3ccc4c(c3)OCCO4)[N+]3=C2CCCCC3)cc1. The molecular formula is C24H29N2O4+. The van der Waals surface area contributed by atoms with Crippen molar-refractivity contribution in [3.05, 3.63) is 48.0 Å². The minimum atomic E-state index is -1.10. The van der Waals surface area contributed by atoms with Crippen LogP contribution in [0.1, 0.15) is 38.2 Å². The van der Waals surface area contributed by atoms with Crippen LogP contribution >= 0.6 is 0 Å². The standard InChI is InChI=1S/C24H29N2O4/c1-2-28-20-10-8-19(9-11-20)25-17-24(27,26-13-5-3-4-6-23(25)26)18-7-12-21-22(16-18)30-15-14-29-21/h7-12,16,27H,2-6,13-15,17H2,1H3/q+1/t24-/m1/s1. The molecule has 1 N–H and O–H groups in total. The number of rotatable bonds is 4. The molecule has 30 heavy (non-hydrogen) atoms. The van der Waals surface area contributed by atoms with Gasteiger partial charge < -0.3 is 19.3 Å². The van der Waals surface area contributed by atoms with Crippen LogP contribution in [-0.4, -0.2) is 48.4 Å². The van der Waals surface area contributed by atoms with Crippen molar-refractivity contribution in [3.8, 4) is 17.2 Å². The number of benzene rings is 2. The summed E-state index contributed by atoms with van der Waals surface area (Å²) in [5.41, 5.74) is 0.821. The molecule has 3 heterocycles. The molecule has 5 rings (SSSR count). The Balaban J connectivity index is 1.53. The quantitative estimate of drug-likeness (QED) is 0.784. The highest BCUT2D eigenvalue weighted by molar-refractivity contribution is 5.96. The highest BCUT2D eigenvalue weighted by Crippen LogP contribution is 2.39. The van der Waals surface area contributed by atoms with Crippen molar-refractivity contribution in [1.82, 2.24) is 0 Å². The molecule has 0 amide bonds. The fourth-order valence-electron chi connectivity index (χ4n) is 4.74. The van der Waals surface area contributed by atoms with E-state index in [0.717, 1.165) is 48.6 Å². The summed E-state index contributed by atoms with van der Waals surface area (Å²) >= 11 is 0. The summed E-state index contributed by atoms with van der Waals surface area (Å²) < 4.78 is 19.3. The van der Waals surface area contributed by atoms with E-state index in [9.17, 15) is 5.11 Å². The lowest BCUT2D eigenvalue weighted by molar-refractivity contribution is -0.658. The number of ether oxygens (including phenoxy) is 3. The summed E-state index contributed by atoms with van der Waals surface area (Å²) in [5, 5.41) is 12.0. The van der Waals surface area contributed by atoms with Gasteiger partial charge in [0.25, 0.3) is 11.6 Å². The predicted molar refractivity (Wildman–Crippen MR) is 115 cm³/mol. The van der Waals surface area contributed by atoms with Crippen LogP contribution in [-0.2, 0) is 5.72 Å². The van der Waals surface area contributed by atoms with Crippen molar-refractivity contribution in [1.29, 1.82) is 0 Å². The molecular weight excluding hydrogens is 380 g/mol. The molecule has 0 bridgehead atoms. The van der Waals surface area contributed by atoms with Gasteiger partial charge in [0.15, 0.2) is 18.0 Å². The van der Waals surface area contributed by atoms with Crippen molar-refractivity contribution in [2.24, 2.45) is 0 Å². The second-order valence-electron chi connectivity index (χ2n) is 8.07. The van der Waals surface area contributed by atoms with Gasteiger partial charge >= 0.3 is 0 Å². The molecule has 6 nitrogen and oxygen atoms in total. The second-order valence-corrected chi connectivity index (χ2v) is 8.07. The van der Waals surface area contributed by atoms with E-state index in [1.54, 1.807) is 0 Å². The zero-order valence-corrected chi connectivity index (χ0v) is 17.5. The van der Waals surface area contributed by atoms with Crippen molar-refractivity contribution in [2.45, 2.75) is 38.3 Å². The van der Waals surface area contributed by atoms with Gasteiger partial charge in [-0.25, -0.2) is 9.48 Å². The third-order valence-corrected chi connectivity index (χ3v) is 6.19. The molecule has 2 aromatic carbocycles. The van der Waals surface area contributed by atoms with E-state index in [0.29, 0.717) is 32.1 Å². The largest absolute Gasteiger partial charge is 0.494 e. The van der Waals surface area contributed by atoms with E-state index in [2.05, 4.69) is 21.6 Å². The average Bonchev–Trinajstić information content (AvgIpc) is 2.93. The Kier molecular flexibility index (Phi) is 5.03. The number of fused-ring (bicyclic) bond motifs is 1. The van der Waals surface area contributed by atoms with E-state index in [1.165, 1.54) is 12.3 Å². The molecule has 158 valence electrons. The number of amidine groups is 1. The van der Waals surface area contributed by atoms with Gasteiger partial charge in [0, 0.05) is 12.0 Å². The zero-order chi connectivity index (χ0) is 20.6. The van der Waals surface area contributed by atoms with Crippen LogP contribution in [0.5, 0.6) is 17.2 Å². The first-order valence-electron chi connectivity index (χ1n) is 11.0. The van der Waals surface area contributed by atoms with E-state index in [4.69, 9.17) is 14.2 Å². The maximum atomic E-state index is 12.0. The van der Waals surface area contributed by atoms with Gasteiger partial charge in [-0.15, -0.1) is 0 Å². The molecule has 2 aromatic rings. The molecule has 0 aromatic heterocycles. The fraction of sp³-hybridized carbons (Fsp3) is 0.458. The van der Waals surface area contributed by atoms with Crippen LogP contribution in [0, 0.1) is 0 Å². The molecule has 0 aliphatic carbocycles.